The monoisotopic (exact) mass is 456 g/mol. The Balaban J connectivity index is 1.53. The molecule has 3 rings (SSSR count). The van der Waals surface area contributed by atoms with E-state index in [2.05, 4.69) is 16.0 Å². The molecule has 8 nitrogen and oxygen atoms in total. The van der Waals surface area contributed by atoms with Gasteiger partial charge in [-0.25, -0.2) is 0 Å². The maximum atomic E-state index is 12.3. The number of carbonyl (C=O) groups is 3. The van der Waals surface area contributed by atoms with Crippen LogP contribution in [0.15, 0.2) is 70.7 Å². The zero-order valence-electron chi connectivity index (χ0n) is 18.8. The number of nitrogens with zero attached hydrogens (tertiary/aromatic N) is 1. The number of nitrogens with one attached hydrogen (secondary N) is 3. The number of carbonyl (C=O) groups excluding carboxylic acids is 3. The quantitative estimate of drug-likeness (QED) is 0.286. The fourth-order valence-electron chi connectivity index (χ4n) is 2.99. The maximum Gasteiger partial charge on any atom is 0.313 e. The van der Waals surface area contributed by atoms with Gasteiger partial charge in [-0.3, -0.25) is 14.4 Å². The molecule has 0 saturated heterocycles. The van der Waals surface area contributed by atoms with Gasteiger partial charge in [0.15, 0.2) is 0 Å². The average molecular weight is 457 g/mol. The molecular formula is C26H24N4O4. The molecule has 0 radical (unpaired) electrons. The first-order valence-electron chi connectivity index (χ1n) is 10.5. The molecule has 2 aromatic carbocycles. The van der Waals surface area contributed by atoms with E-state index in [1.807, 2.05) is 56.3 Å². The van der Waals surface area contributed by atoms with Crippen LogP contribution in [0.3, 0.4) is 0 Å². The van der Waals surface area contributed by atoms with Crippen molar-refractivity contribution in [3.8, 4) is 6.07 Å². The van der Waals surface area contributed by atoms with Gasteiger partial charge in [0.1, 0.15) is 23.2 Å². The second-order valence-corrected chi connectivity index (χ2v) is 7.58. The molecule has 8 heteroatoms. The molecule has 3 N–H and O–H groups in total. The van der Waals surface area contributed by atoms with Crippen LogP contribution in [0.4, 0.5) is 5.69 Å². The first-order chi connectivity index (χ1) is 16.4. The fraction of sp³-hybridized carbons (Fsp3) is 0.154. The largest absolute Gasteiger partial charge is 0.460 e. The highest BCUT2D eigenvalue weighted by Crippen LogP contribution is 2.15. The summed E-state index contributed by atoms with van der Waals surface area (Å²) in [6.45, 7) is 4.13. The predicted molar refractivity (Wildman–Crippen MR) is 127 cm³/mol. The average Bonchev–Trinajstić information content (AvgIpc) is 3.29. The Hall–Kier alpha value is -4.64. The van der Waals surface area contributed by atoms with Gasteiger partial charge in [0, 0.05) is 18.3 Å². The Kier molecular flexibility index (Phi) is 7.97. The van der Waals surface area contributed by atoms with Crippen LogP contribution in [-0.2, 0) is 27.5 Å². The summed E-state index contributed by atoms with van der Waals surface area (Å²) in [5.74, 6) is -1.50. The molecule has 1 heterocycles. The highest BCUT2D eigenvalue weighted by molar-refractivity contribution is 6.39. The van der Waals surface area contributed by atoms with E-state index in [4.69, 9.17) is 4.42 Å². The SMILES string of the molecule is Cc1ccc(NC(=O)C(=O)NCc2ccc(/C=C(/C#N)C(=O)NCc3ccccc3)o2)cc1C. The minimum absolute atomic E-state index is 0.0326. The molecule has 1 aromatic heterocycles. The third-order valence-electron chi connectivity index (χ3n) is 5.02. The van der Waals surface area contributed by atoms with Crippen molar-refractivity contribution in [1.82, 2.24) is 10.6 Å². The van der Waals surface area contributed by atoms with Gasteiger partial charge in [-0.2, -0.15) is 5.26 Å². The highest BCUT2D eigenvalue weighted by atomic mass is 16.3. The molecule has 0 aliphatic rings. The number of rotatable bonds is 7. The minimum Gasteiger partial charge on any atom is -0.460 e. The van der Waals surface area contributed by atoms with Gasteiger partial charge in [0.2, 0.25) is 0 Å². The van der Waals surface area contributed by atoms with E-state index in [0.29, 0.717) is 18.0 Å². The van der Waals surface area contributed by atoms with Gasteiger partial charge in [-0.1, -0.05) is 36.4 Å². The first-order valence-corrected chi connectivity index (χ1v) is 10.5. The third-order valence-corrected chi connectivity index (χ3v) is 5.02. The smallest absolute Gasteiger partial charge is 0.313 e. The topological polar surface area (TPSA) is 124 Å². The summed E-state index contributed by atoms with van der Waals surface area (Å²) in [4.78, 5) is 36.5. The van der Waals surface area contributed by atoms with Gasteiger partial charge >= 0.3 is 11.8 Å². The first kappa shape index (κ1) is 24.0. The van der Waals surface area contributed by atoms with E-state index in [9.17, 15) is 19.6 Å². The lowest BCUT2D eigenvalue weighted by Gasteiger charge is -2.07. The van der Waals surface area contributed by atoms with Gasteiger partial charge in [-0.15, -0.1) is 0 Å². The molecule has 0 fully saturated rings. The van der Waals surface area contributed by atoms with Crippen molar-refractivity contribution >= 4 is 29.5 Å². The van der Waals surface area contributed by atoms with Crippen LogP contribution < -0.4 is 16.0 Å². The van der Waals surface area contributed by atoms with Gasteiger partial charge in [0.25, 0.3) is 5.91 Å². The zero-order valence-corrected chi connectivity index (χ0v) is 18.8. The van der Waals surface area contributed by atoms with E-state index in [1.54, 1.807) is 24.3 Å². The number of hydrogen-bond donors (Lipinski definition) is 3. The van der Waals surface area contributed by atoms with Crippen LogP contribution in [-0.4, -0.2) is 17.7 Å². The molecule has 3 aromatic rings. The second kappa shape index (κ2) is 11.3. The molecule has 0 spiro atoms. The van der Waals surface area contributed by atoms with Crippen molar-refractivity contribution in [3.63, 3.8) is 0 Å². The third kappa shape index (κ3) is 6.68. The van der Waals surface area contributed by atoms with Crippen molar-refractivity contribution < 1.29 is 18.8 Å². The molecule has 3 amide bonds. The second-order valence-electron chi connectivity index (χ2n) is 7.58. The Morgan fingerprint density at radius 2 is 1.62 bits per heavy atom. The molecular weight excluding hydrogens is 432 g/mol. The number of hydrogen-bond acceptors (Lipinski definition) is 5. The summed E-state index contributed by atoms with van der Waals surface area (Å²) >= 11 is 0. The number of benzene rings is 2. The lowest BCUT2D eigenvalue weighted by atomic mass is 10.1. The molecule has 0 aliphatic carbocycles. The van der Waals surface area contributed by atoms with Crippen LogP contribution >= 0.6 is 0 Å². The van der Waals surface area contributed by atoms with E-state index >= 15 is 0 Å². The summed E-state index contributed by atoms with van der Waals surface area (Å²) in [6, 6.07) is 19.7. The fourth-order valence-corrected chi connectivity index (χ4v) is 2.99. The Morgan fingerprint density at radius 1 is 0.882 bits per heavy atom. The molecule has 34 heavy (non-hydrogen) atoms. The summed E-state index contributed by atoms with van der Waals surface area (Å²) in [7, 11) is 0. The van der Waals surface area contributed by atoms with Crippen molar-refractivity contribution in [1.29, 1.82) is 5.26 Å². The standard InChI is InChI=1S/C26H24N4O4/c1-17-8-9-21(12-18(17)2)30-26(33)25(32)29-16-23-11-10-22(34-23)13-20(14-27)24(31)28-15-19-6-4-3-5-7-19/h3-13H,15-16H2,1-2H3,(H,28,31)(H,29,32)(H,30,33)/b20-13-. The number of amides is 3. The van der Waals surface area contributed by atoms with E-state index in [0.717, 1.165) is 16.7 Å². The molecule has 0 saturated carbocycles. The van der Waals surface area contributed by atoms with Crippen LogP contribution in [0.25, 0.3) is 6.08 Å². The Morgan fingerprint density at radius 3 is 2.32 bits per heavy atom. The zero-order chi connectivity index (χ0) is 24.5. The van der Waals surface area contributed by atoms with Gasteiger partial charge in [0.05, 0.1) is 6.54 Å². The van der Waals surface area contributed by atoms with E-state index in [1.165, 1.54) is 6.08 Å². The van der Waals surface area contributed by atoms with E-state index in [-0.39, 0.29) is 17.9 Å². The van der Waals surface area contributed by atoms with Crippen molar-refractivity contribution in [2.45, 2.75) is 26.9 Å². The van der Waals surface area contributed by atoms with Crippen LogP contribution in [0.5, 0.6) is 0 Å². The number of anilines is 1. The Bertz CT molecular complexity index is 1270. The van der Waals surface area contributed by atoms with Gasteiger partial charge < -0.3 is 20.4 Å². The molecule has 0 bridgehead atoms. The van der Waals surface area contributed by atoms with Gasteiger partial charge in [-0.05, 0) is 54.8 Å². The predicted octanol–water partition coefficient (Wildman–Crippen LogP) is 3.37. The lowest BCUT2D eigenvalue weighted by Crippen LogP contribution is -2.34. The lowest BCUT2D eigenvalue weighted by molar-refractivity contribution is -0.136. The van der Waals surface area contributed by atoms with Crippen molar-refractivity contribution in [2.75, 3.05) is 5.32 Å². The van der Waals surface area contributed by atoms with Crippen molar-refractivity contribution in [2.24, 2.45) is 0 Å². The normalized spacial score (nSPS) is 10.8. The summed E-state index contributed by atoms with van der Waals surface area (Å²) in [5, 5.41) is 17.0. The summed E-state index contributed by atoms with van der Waals surface area (Å²) in [5.41, 5.74) is 3.40. The summed E-state index contributed by atoms with van der Waals surface area (Å²) < 4.78 is 5.55. The number of nitriles is 1. The highest BCUT2D eigenvalue weighted by Gasteiger charge is 2.15. The molecule has 0 atom stereocenters. The van der Waals surface area contributed by atoms with Crippen LogP contribution in [0.2, 0.25) is 0 Å². The van der Waals surface area contributed by atoms with Crippen molar-refractivity contribution in [3.05, 3.63) is 94.4 Å². The van der Waals surface area contributed by atoms with Crippen LogP contribution in [0, 0.1) is 25.2 Å². The maximum absolute atomic E-state index is 12.3. The van der Waals surface area contributed by atoms with E-state index < -0.39 is 17.7 Å². The summed E-state index contributed by atoms with van der Waals surface area (Å²) in [6.07, 6.45) is 1.32. The Labute approximate surface area is 197 Å². The number of aryl methyl sites for hydroxylation is 2. The number of furan rings is 1. The molecule has 0 aliphatic heterocycles. The van der Waals surface area contributed by atoms with Crippen LogP contribution in [0.1, 0.15) is 28.2 Å². The molecule has 172 valence electrons. The molecule has 0 unspecified atom stereocenters. The minimum atomic E-state index is -0.815.